The van der Waals surface area contributed by atoms with Gasteiger partial charge in [0.15, 0.2) is 6.10 Å². The molecule has 0 aromatic heterocycles. The molecule has 1 aromatic carbocycles. The average molecular weight is 392 g/mol. The highest BCUT2D eigenvalue weighted by Crippen LogP contribution is 2.23. The van der Waals surface area contributed by atoms with Crippen molar-refractivity contribution in [3.05, 3.63) is 35.9 Å². The normalized spacial score (nSPS) is 19.5. The number of alkyl carbamates (subject to hydrolysis) is 1. The Kier molecular flexibility index (Phi) is 7.80. The molecule has 1 aliphatic rings. The predicted octanol–water partition coefficient (Wildman–Crippen LogP) is 1.76. The number of carboxylic acid groups (broad SMARTS) is 1. The maximum atomic E-state index is 13.0. The number of carbonyl (C=O) groups excluding carboxylic acids is 2. The van der Waals surface area contributed by atoms with Gasteiger partial charge in [-0.2, -0.15) is 0 Å². The number of aliphatic hydroxyl groups is 1. The molecule has 154 valence electrons. The summed E-state index contributed by atoms with van der Waals surface area (Å²) in [7, 11) is 0. The first kappa shape index (κ1) is 21.7. The van der Waals surface area contributed by atoms with E-state index in [9.17, 15) is 19.5 Å². The van der Waals surface area contributed by atoms with Crippen molar-refractivity contribution in [2.24, 2.45) is 5.92 Å². The van der Waals surface area contributed by atoms with Crippen molar-refractivity contribution in [3.8, 4) is 0 Å². The molecule has 3 N–H and O–H groups in total. The van der Waals surface area contributed by atoms with Crippen LogP contribution < -0.4 is 5.32 Å². The average Bonchev–Trinajstić information content (AvgIpc) is 3.19. The first-order valence-corrected chi connectivity index (χ1v) is 9.53. The molecule has 0 aliphatic carbocycles. The first-order valence-electron chi connectivity index (χ1n) is 9.53. The fourth-order valence-electron chi connectivity index (χ4n) is 3.31. The van der Waals surface area contributed by atoms with E-state index in [4.69, 9.17) is 9.84 Å². The van der Waals surface area contributed by atoms with Gasteiger partial charge in [0.2, 0.25) is 5.91 Å². The number of benzene rings is 1. The van der Waals surface area contributed by atoms with Crippen LogP contribution in [-0.4, -0.2) is 57.8 Å². The highest BCUT2D eigenvalue weighted by Gasteiger charge is 2.41. The van der Waals surface area contributed by atoms with Gasteiger partial charge in [-0.1, -0.05) is 50.6 Å². The van der Waals surface area contributed by atoms with Crippen LogP contribution in [0.25, 0.3) is 0 Å². The van der Waals surface area contributed by atoms with Crippen LogP contribution in [0, 0.1) is 5.92 Å². The molecule has 0 spiro atoms. The number of carboxylic acids is 1. The summed E-state index contributed by atoms with van der Waals surface area (Å²) < 4.78 is 5.21. The second-order valence-electron chi connectivity index (χ2n) is 7.09. The van der Waals surface area contributed by atoms with Gasteiger partial charge in [0, 0.05) is 6.54 Å². The zero-order valence-corrected chi connectivity index (χ0v) is 16.2. The largest absolute Gasteiger partial charge is 0.479 e. The molecule has 1 aliphatic heterocycles. The molecule has 1 heterocycles. The van der Waals surface area contributed by atoms with E-state index in [-0.39, 0.29) is 12.5 Å². The Morgan fingerprint density at radius 2 is 1.96 bits per heavy atom. The standard InChI is InChI=1S/C20H28N2O6/c1-3-13(2)16(21-20(27)28-12-14-8-5-4-6-9-14)18(24)22-11-7-10-15(22)17(23)19(25)26/h4-6,8-9,13,15-17,23H,3,7,10-12H2,1-2H3,(H,21,27)(H,25,26)/t13?,15?,16-,17?/m0/s1. The summed E-state index contributed by atoms with van der Waals surface area (Å²) in [4.78, 5) is 37.8. The molecular formula is C20H28N2O6. The number of rotatable bonds is 8. The van der Waals surface area contributed by atoms with Gasteiger partial charge in [-0.15, -0.1) is 0 Å². The minimum Gasteiger partial charge on any atom is -0.479 e. The number of ether oxygens (including phenoxy) is 1. The Morgan fingerprint density at radius 1 is 1.29 bits per heavy atom. The number of aliphatic carboxylic acids is 1. The van der Waals surface area contributed by atoms with Gasteiger partial charge >= 0.3 is 12.1 Å². The second kappa shape index (κ2) is 10.1. The molecule has 2 rings (SSSR count). The zero-order valence-electron chi connectivity index (χ0n) is 16.2. The molecule has 28 heavy (non-hydrogen) atoms. The van der Waals surface area contributed by atoms with E-state index in [1.54, 1.807) is 0 Å². The van der Waals surface area contributed by atoms with Crippen LogP contribution in [0.2, 0.25) is 0 Å². The molecule has 1 fully saturated rings. The second-order valence-corrected chi connectivity index (χ2v) is 7.09. The number of hydrogen-bond acceptors (Lipinski definition) is 5. The van der Waals surface area contributed by atoms with E-state index in [1.807, 2.05) is 44.2 Å². The molecule has 0 bridgehead atoms. The van der Waals surface area contributed by atoms with Crippen molar-refractivity contribution in [1.29, 1.82) is 0 Å². The maximum absolute atomic E-state index is 13.0. The number of amides is 2. The Morgan fingerprint density at radius 3 is 2.57 bits per heavy atom. The molecule has 0 radical (unpaired) electrons. The van der Waals surface area contributed by atoms with Gasteiger partial charge in [-0.3, -0.25) is 4.79 Å². The Balaban J connectivity index is 2.04. The topological polar surface area (TPSA) is 116 Å². The van der Waals surface area contributed by atoms with E-state index in [0.717, 1.165) is 5.56 Å². The van der Waals surface area contributed by atoms with E-state index < -0.39 is 36.2 Å². The van der Waals surface area contributed by atoms with Crippen LogP contribution >= 0.6 is 0 Å². The van der Waals surface area contributed by atoms with Crippen molar-refractivity contribution < 1.29 is 29.3 Å². The summed E-state index contributed by atoms with van der Waals surface area (Å²) in [5.74, 6) is -1.94. The van der Waals surface area contributed by atoms with Gasteiger partial charge in [-0.25, -0.2) is 9.59 Å². The Hall–Kier alpha value is -2.61. The van der Waals surface area contributed by atoms with Crippen LogP contribution in [0.4, 0.5) is 4.79 Å². The van der Waals surface area contributed by atoms with E-state index in [2.05, 4.69) is 5.32 Å². The fourth-order valence-corrected chi connectivity index (χ4v) is 3.31. The molecular weight excluding hydrogens is 364 g/mol. The number of aliphatic hydroxyl groups excluding tert-OH is 1. The fraction of sp³-hybridized carbons (Fsp3) is 0.550. The smallest absolute Gasteiger partial charge is 0.408 e. The number of hydrogen-bond donors (Lipinski definition) is 3. The molecule has 3 unspecified atom stereocenters. The molecule has 1 saturated heterocycles. The summed E-state index contributed by atoms with van der Waals surface area (Å²) in [5, 5.41) is 21.6. The third-order valence-electron chi connectivity index (χ3n) is 5.16. The van der Waals surface area contributed by atoms with Gasteiger partial charge < -0.3 is 25.2 Å². The molecule has 2 amide bonds. The van der Waals surface area contributed by atoms with Crippen LogP contribution in [0.5, 0.6) is 0 Å². The summed E-state index contributed by atoms with van der Waals surface area (Å²) in [6, 6.07) is 7.54. The Bertz CT molecular complexity index is 681. The van der Waals surface area contributed by atoms with Crippen molar-refractivity contribution in [2.45, 2.75) is 57.9 Å². The lowest BCUT2D eigenvalue weighted by atomic mass is 9.97. The monoisotopic (exact) mass is 392 g/mol. The predicted molar refractivity (Wildman–Crippen MR) is 101 cm³/mol. The van der Waals surface area contributed by atoms with Crippen molar-refractivity contribution in [3.63, 3.8) is 0 Å². The van der Waals surface area contributed by atoms with Gasteiger partial charge in [0.1, 0.15) is 12.6 Å². The molecule has 4 atom stereocenters. The lowest BCUT2D eigenvalue weighted by Gasteiger charge is -2.32. The molecule has 1 aromatic rings. The van der Waals surface area contributed by atoms with Gasteiger partial charge in [0.25, 0.3) is 0 Å². The van der Waals surface area contributed by atoms with E-state index in [1.165, 1.54) is 4.90 Å². The number of nitrogens with one attached hydrogen (secondary N) is 1. The number of nitrogens with zero attached hydrogens (tertiary/aromatic N) is 1. The third kappa shape index (κ3) is 5.45. The minimum atomic E-state index is -1.64. The van der Waals surface area contributed by atoms with Crippen molar-refractivity contribution in [1.82, 2.24) is 10.2 Å². The highest BCUT2D eigenvalue weighted by molar-refractivity contribution is 5.87. The summed E-state index contributed by atoms with van der Waals surface area (Å²) >= 11 is 0. The minimum absolute atomic E-state index is 0.0815. The van der Waals surface area contributed by atoms with Crippen LogP contribution in [-0.2, 0) is 20.9 Å². The SMILES string of the molecule is CCC(C)[C@H](NC(=O)OCc1ccccc1)C(=O)N1CCCC1C(O)C(=O)O. The summed E-state index contributed by atoms with van der Waals surface area (Å²) in [5.41, 5.74) is 0.827. The molecule has 8 heteroatoms. The lowest BCUT2D eigenvalue weighted by Crippen LogP contribution is -2.55. The zero-order chi connectivity index (χ0) is 20.7. The van der Waals surface area contributed by atoms with E-state index in [0.29, 0.717) is 25.8 Å². The van der Waals surface area contributed by atoms with Crippen LogP contribution in [0.3, 0.4) is 0 Å². The molecule has 0 saturated carbocycles. The summed E-state index contributed by atoms with van der Waals surface area (Å²) in [6.45, 7) is 4.16. The van der Waals surface area contributed by atoms with Gasteiger partial charge in [0.05, 0.1) is 6.04 Å². The van der Waals surface area contributed by atoms with E-state index >= 15 is 0 Å². The summed E-state index contributed by atoms with van der Waals surface area (Å²) in [6.07, 6.45) is -0.710. The molecule has 8 nitrogen and oxygen atoms in total. The highest BCUT2D eigenvalue weighted by atomic mass is 16.5. The third-order valence-corrected chi connectivity index (χ3v) is 5.16. The van der Waals surface area contributed by atoms with Crippen LogP contribution in [0.15, 0.2) is 30.3 Å². The van der Waals surface area contributed by atoms with Crippen LogP contribution in [0.1, 0.15) is 38.7 Å². The quantitative estimate of drug-likeness (QED) is 0.621. The lowest BCUT2D eigenvalue weighted by molar-refractivity contribution is -0.152. The number of carbonyl (C=O) groups is 3. The number of likely N-dealkylation sites (tertiary alicyclic amines) is 1. The van der Waals surface area contributed by atoms with Gasteiger partial charge in [-0.05, 0) is 24.3 Å². The van der Waals surface area contributed by atoms with Crippen molar-refractivity contribution >= 4 is 18.0 Å². The Labute approximate surface area is 164 Å². The van der Waals surface area contributed by atoms with Crippen molar-refractivity contribution in [2.75, 3.05) is 6.54 Å². The maximum Gasteiger partial charge on any atom is 0.408 e. The first-order chi connectivity index (χ1) is 13.3.